The standard InChI is InChI=1S/C20H23ClN2O4S2/c1-14(24)13-29(25,26)16-4-2-3-15(9-16)23-11-18(22-5-7-27-8-6-22)17-10-20(21)28-19(17)12-23/h2-4,9-11,14,24H,5-8,12-13H2,1H3. The Morgan fingerprint density at radius 1 is 1.28 bits per heavy atom. The van der Waals surface area contributed by atoms with E-state index in [2.05, 4.69) is 16.0 Å². The van der Waals surface area contributed by atoms with Crippen LogP contribution in [0.25, 0.3) is 5.70 Å². The van der Waals surface area contributed by atoms with Crippen LogP contribution in [0.1, 0.15) is 17.4 Å². The van der Waals surface area contributed by atoms with Crippen molar-refractivity contribution in [1.82, 2.24) is 4.90 Å². The van der Waals surface area contributed by atoms with E-state index in [1.807, 2.05) is 12.1 Å². The molecule has 1 unspecified atom stereocenters. The molecule has 1 aromatic heterocycles. The molecule has 3 heterocycles. The van der Waals surface area contributed by atoms with Crippen LogP contribution in [0.4, 0.5) is 5.69 Å². The predicted octanol–water partition coefficient (Wildman–Crippen LogP) is 3.21. The number of hydrogen-bond donors (Lipinski definition) is 1. The monoisotopic (exact) mass is 454 g/mol. The fourth-order valence-electron chi connectivity index (χ4n) is 3.64. The van der Waals surface area contributed by atoms with Gasteiger partial charge in [-0.2, -0.15) is 0 Å². The summed E-state index contributed by atoms with van der Waals surface area (Å²) in [5.41, 5.74) is 3.00. The number of benzene rings is 1. The maximum absolute atomic E-state index is 12.6. The highest BCUT2D eigenvalue weighted by Crippen LogP contribution is 2.39. The van der Waals surface area contributed by atoms with Crippen molar-refractivity contribution < 1.29 is 18.3 Å². The number of nitrogens with zero attached hydrogens (tertiary/aromatic N) is 2. The van der Waals surface area contributed by atoms with Crippen LogP contribution in [0, 0.1) is 0 Å². The summed E-state index contributed by atoms with van der Waals surface area (Å²) in [6, 6.07) is 8.89. The van der Waals surface area contributed by atoms with Crippen LogP contribution < -0.4 is 4.90 Å². The Morgan fingerprint density at radius 3 is 2.76 bits per heavy atom. The number of aliphatic hydroxyl groups is 1. The molecule has 1 saturated heterocycles. The molecule has 1 aromatic carbocycles. The zero-order chi connectivity index (χ0) is 20.6. The second-order valence-electron chi connectivity index (χ2n) is 7.26. The van der Waals surface area contributed by atoms with Crippen molar-refractivity contribution in [1.29, 1.82) is 0 Å². The summed E-state index contributed by atoms with van der Waals surface area (Å²) in [4.78, 5) is 5.70. The van der Waals surface area contributed by atoms with Crippen molar-refractivity contribution in [3.8, 4) is 0 Å². The SMILES string of the molecule is CC(O)CS(=O)(=O)c1cccc(N2C=C(N3CCOCC3)c3cc(Cl)sc3C2)c1. The first-order valence-electron chi connectivity index (χ1n) is 9.44. The predicted molar refractivity (Wildman–Crippen MR) is 116 cm³/mol. The Morgan fingerprint density at radius 2 is 2.03 bits per heavy atom. The van der Waals surface area contributed by atoms with E-state index in [1.54, 1.807) is 29.5 Å². The number of hydrogen-bond acceptors (Lipinski definition) is 7. The van der Waals surface area contributed by atoms with Gasteiger partial charge in [0.25, 0.3) is 0 Å². The molecule has 0 bridgehead atoms. The summed E-state index contributed by atoms with van der Waals surface area (Å²) in [5.74, 6) is -0.296. The van der Waals surface area contributed by atoms with E-state index in [4.69, 9.17) is 16.3 Å². The quantitative estimate of drug-likeness (QED) is 0.748. The van der Waals surface area contributed by atoms with Gasteiger partial charge in [-0.15, -0.1) is 11.3 Å². The van der Waals surface area contributed by atoms with Gasteiger partial charge in [-0.1, -0.05) is 17.7 Å². The van der Waals surface area contributed by atoms with E-state index < -0.39 is 15.9 Å². The maximum atomic E-state index is 12.6. The Bertz CT molecular complexity index is 1030. The maximum Gasteiger partial charge on any atom is 0.180 e. The molecule has 0 spiro atoms. The fraction of sp³-hybridized carbons (Fsp3) is 0.400. The highest BCUT2D eigenvalue weighted by molar-refractivity contribution is 7.91. The first-order chi connectivity index (χ1) is 13.8. The first kappa shape index (κ1) is 20.7. The van der Waals surface area contributed by atoms with Crippen LogP contribution in [0.3, 0.4) is 0 Å². The van der Waals surface area contributed by atoms with Gasteiger partial charge in [0.15, 0.2) is 9.84 Å². The minimum Gasteiger partial charge on any atom is -0.392 e. The molecule has 2 aliphatic rings. The Kier molecular flexibility index (Phi) is 5.90. The number of fused-ring (bicyclic) bond motifs is 1. The normalized spacial score (nSPS) is 18.4. The lowest BCUT2D eigenvalue weighted by Gasteiger charge is -2.35. The fourth-order valence-corrected chi connectivity index (χ4v) is 6.33. The molecule has 1 fully saturated rings. The van der Waals surface area contributed by atoms with Crippen molar-refractivity contribution in [3.05, 3.63) is 51.3 Å². The zero-order valence-electron chi connectivity index (χ0n) is 16.0. The molecule has 2 aromatic rings. The van der Waals surface area contributed by atoms with E-state index >= 15 is 0 Å². The van der Waals surface area contributed by atoms with Gasteiger partial charge in [0.2, 0.25) is 0 Å². The van der Waals surface area contributed by atoms with Gasteiger partial charge < -0.3 is 19.6 Å². The summed E-state index contributed by atoms with van der Waals surface area (Å²) >= 11 is 7.86. The summed E-state index contributed by atoms with van der Waals surface area (Å²) in [6.45, 7) is 5.06. The van der Waals surface area contributed by atoms with Crippen molar-refractivity contribution in [2.75, 3.05) is 37.0 Å². The van der Waals surface area contributed by atoms with Crippen LogP contribution in [0.15, 0.2) is 41.4 Å². The molecule has 2 aliphatic heterocycles. The van der Waals surface area contributed by atoms with Crippen molar-refractivity contribution in [2.24, 2.45) is 0 Å². The number of halogens is 1. The van der Waals surface area contributed by atoms with Crippen LogP contribution in [0.2, 0.25) is 4.34 Å². The van der Waals surface area contributed by atoms with E-state index in [9.17, 15) is 13.5 Å². The minimum absolute atomic E-state index is 0.215. The highest BCUT2D eigenvalue weighted by Gasteiger charge is 2.27. The molecular weight excluding hydrogens is 432 g/mol. The molecule has 1 atom stereocenters. The number of morpholine rings is 1. The summed E-state index contributed by atoms with van der Waals surface area (Å²) in [7, 11) is -3.55. The van der Waals surface area contributed by atoms with Gasteiger partial charge in [0, 0.05) is 35.4 Å². The highest BCUT2D eigenvalue weighted by atomic mass is 35.5. The van der Waals surface area contributed by atoms with Gasteiger partial charge in [-0.3, -0.25) is 0 Å². The van der Waals surface area contributed by atoms with Gasteiger partial charge in [0.05, 0.1) is 46.5 Å². The Hall–Kier alpha value is -1.58. The molecule has 29 heavy (non-hydrogen) atoms. The molecule has 1 N–H and O–H groups in total. The molecule has 0 saturated carbocycles. The molecule has 4 rings (SSSR count). The number of rotatable bonds is 5. The van der Waals surface area contributed by atoms with E-state index in [0.29, 0.717) is 19.8 Å². The van der Waals surface area contributed by atoms with E-state index in [-0.39, 0.29) is 10.6 Å². The number of anilines is 1. The number of aliphatic hydroxyl groups excluding tert-OH is 1. The number of sulfone groups is 1. The molecule has 156 valence electrons. The molecule has 0 amide bonds. The lowest BCUT2D eigenvalue weighted by Crippen LogP contribution is -2.37. The molecule has 9 heteroatoms. The molecular formula is C20H23ClN2O4S2. The molecule has 0 aliphatic carbocycles. The van der Waals surface area contributed by atoms with Gasteiger partial charge in [-0.25, -0.2) is 8.42 Å². The van der Waals surface area contributed by atoms with Crippen LogP contribution in [0.5, 0.6) is 0 Å². The second-order valence-corrected chi connectivity index (χ2v) is 11.1. The average molecular weight is 455 g/mol. The van der Waals surface area contributed by atoms with Gasteiger partial charge >= 0.3 is 0 Å². The van der Waals surface area contributed by atoms with Crippen molar-refractivity contribution in [2.45, 2.75) is 24.5 Å². The van der Waals surface area contributed by atoms with Crippen LogP contribution >= 0.6 is 22.9 Å². The zero-order valence-corrected chi connectivity index (χ0v) is 18.4. The number of ether oxygens (including phenoxy) is 1. The van der Waals surface area contributed by atoms with Gasteiger partial charge in [0.1, 0.15) is 0 Å². The van der Waals surface area contributed by atoms with Crippen molar-refractivity contribution in [3.63, 3.8) is 0 Å². The molecule has 6 nitrogen and oxygen atoms in total. The van der Waals surface area contributed by atoms with E-state index in [1.165, 1.54) is 6.92 Å². The topological polar surface area (TPSA) is 70.1 Å². The van der Waals surface area contributed by atoms with Gasteiger partial charge in [-0.05, 0) is 31.2 Å². The molecule has 0 radical (unpaired) electrons. The van der Waals surface area contributed by atoms with E-state index in [0.717, 1.165) is 39.3 Å². The summed E-state index contributed by atoms with van der Waals surface area (Å²) in [5, 5.41) is 9.53. The average Bonchev–Trinajstić information content (AvgIpc) is 3.07. The number of thiophene rings is 1. The summed E-state index contributed by atoms with van der Waals surface area (Å²) < 4.78 is 31.3. The first-order valence-corrected chi connectivity index (χ1v) is 12.3. The van der Waals surface area contributed by atoms with Crippen molar-refractivity contribution >= 4 is 44.2 Å². The lowest BCUT2D eigenvalue weighted by atomic mass is 10.1. The third kappa shape index (κ3) is 4.46. The largest absolute Gasteiger partial charge is 0.392 e. The second kappa shape index (κ2) is 8.28. The minimum atomic E-state index is -3.55. The Labute approximate surface area is 179 Å². The summed E-state index contributed by atoms with van der Waals surface area (Å²) in [6.07, 6.45) is 1.15. The smallest absolute Gasteiger partial charge is 0.180 e. The van der Waals surface area contributed by atoms with Crippen LogP contribution in [-0.4, -0.2) is 56.6 Å². The van der Waals surface area contributed by atoms with Crippen LogP contribution in [-0.2, 0) is 21.1 Å². The Balaban J connectivity index is 1.70. The lowest BCUT2D eigenvalue weighted by molar-refractivity contribution is 0.0638. The third-order valence-corrected chi connectivity index (χ3v) is 8.11. The third-order valence-electron chi connectivity index (χ3n) is 4.97.